The van der Waals surface area contributed by atoms with Crippen molar-refractivity contribution in [2.24, 2.45) is 5.73 Å². The Hall–Kier alpha value is -2.65. The summed E-state index contributed by atoms with van der Waals surface area (Å²) in [6, 6.07) is 9.45. The Kier molecular flexibility index (Phi) is 10.8. The summed E-state index contributed by atoms with van der Waals surface area (Å²) in [5, 5.41) is 3.92. The molecule has 1 heterocycles. The highest BCUT2D eigenvalue weighted by atomic mass is 35.5. The summed E-state index contributed by atoms with van der Waals surface area (Å²) in [6.45, 7) is 8.48. The lowest BCUT2D eigenvalue weighted by Crippen LogP contribution is -2.14. The summed E-state index contributed by atoms with van der Waals surface area (Å²) < 4.78 is 28.5. The number of sulfone groups is 1. The summed E-state index contributed by atoms with van der Waals surface area (Å²) >= 11 is 11.3. The van der Waals surface area contributed by atoms with E-state index in [9.17, 15) is 13.2 Å². The Morgan fingerprint density at radius 1 is 1.15 bits per heavy atom. The topological polar surface area (TPSA) is 115 Å². The molecule has 33 heavy (non-hydrogen) atoms. The van der Waals surface area contributed by atoms with Gasteiger partial charge in [0.05, 0.1) is 9.92 Å². The lowest BCUT2D eigenvalue weighted by molar-refractivity contribution is 0.102. The standard InChI is InChI=1S/C19H17ClN2O4S.C3H5Cl.CH5N/c1-11-8-14(27(3,24)25)5-6-15(11)19(23)22-13-4-7-17(20)16(9-13)18-10-26-12(2)21-18;1-3(2)4;1-2/h4-10H,1-3H3,(H,22,23);1H2,2H3;2H2,1H3. The van der Waals surface area contributed by atoms with Gasteiger partial charge in [0.15, 0.2) is 15.7 Å². The molecular formula is C23H27Cl2N3O4S. The van der Waals surface area contributed by atoms with Crippen LogP contribution in [0.3, 0.4) is 0 Å². The highest BCUT2D eigenvalue weighted by molar-refractivity contribution is 7.90. The number of aryl methyl sites for hydroxylation is 2. The number of rotatable bonds is 4. The minimum absolute atomic E-state index is 0.173. The molecule has 0 aliphatic carbocycles. The van der Waals surface area contributed by atoms with Crippen LogP contribution < -0.4 is 11.1 Å². The molecule has 3 N–H and O–H groups in total. The van der Waals surface area contributed by atoms with Crippen molar-refractivity contribution in [3.8, 4) is 11.3 Å². The molecule has 0 atom stereocenters. The highest BCUT2D eigenvalue weighted by Crippen LogP contribution is 2.30. The van der Waals surface area contributed by atoms with Crippen LogP contribution in [0.25, 0.3) is 11.3 Å². The Labute approximate surface area is 204 Å². The van der Waals surface area contributed by atoms with Crippen LogP contribution in [0.1, 0.15) is 28.7 Å². The fourth-order valence-electron chi connectivity index (χ4n) is 2.61. The molecule has 0 saturated carbocycles. The summed E-state index contributed by atoms with van der Waals surface area (Å²) in [5.41, 5.74) is 7.19. The van der Waals surface area contributed by atoms with Gasteiger partial charge in [0.1, 0.15) is 12.0 Å². The first-order valence-corrected chi connectivity index (χ1v) is 12.3. The van der Waals surface area contributed by atoms with E-state index >= 15 is 0 Å². The van der Waals surface area contributed by atoms with Crippen LogP contribution in [-0.2, 0) is 9.84 Å². The zero-order valence-corrected chi connectivity index (χ0v) is 21.4. The molecule has 1 amide bonds. The van der Waals surface area contributed by atoms with Gasteiger partial charge in [-0.15, -0.1) is 0 Å². The van der Waals surface area contributed by atoms with Crippen LogP contribution in [0.5, 0.6) is 0 Å². The molecule has 0 fully saturated rings. The Balaban J connectivity index is 0.000000820. The van der Waals surface area contributed by atoms with Gasteiger partial charge in [0, 0.05) is 35.0 Å². The minimum atomic E-state index is -3.33. The lowest BCUT2D eigenvalue weighted by atomic mass is 10.1. The van der Waals surface area contributed by atoms with E-state index in [1.807, 2.05) is 0 Å². The van der Waals surface area contributed by atoms with Gasteiger partial charge < -0.3 is 15.5 Å². The molecule has 0 aliphatic heterocycles. The summed E-state index contributed by atoms with van der Waals surface area (Å²) in [7, 11) is -1.83. The number of halogens is 2. The fraction of sp³-hybridized carbons (Fsp3) is 0.217. The van der Waals surface area contributed by atoms with Crippen molar-refractivity contribution in [3.05, 3.63) is 76.3 Å². The number of benzene rings is 2. The van der Waals surface area contributed by atoms with Gasteiger partial charge >= 0.3 is 0 Å². The van der Waals surface area contributed by atoms with Crippen LogP contribution in [0.4, 0.5) is 5.69 Å². The fourth-order valence-corrected chi connectivity index (χ4v) is 3.53. The molecule has 10 heteroatoms. The summed E-state index contributed by atoms with van der Waals surface area (Å²) in [6.07, 6.45) is 2.62. The van der Waals surface area contributed by atoms with E-state index in [2.05, 4.69) is 22.6 Å². The SMILES string of the molecule is C=C(C)Cl.CN.Cc1nc(-c2cc(NC(=O)c3ccc(S(C)(=O)=O)cc3C)ccc2Cl)co1. The minimum Gasteiger partial charge on any atom is -0.449 e. The molecule has 178 valence electrons. The van der Waals surface area contributed by atoms with E-state index in [0.29, 0.717) is 44.0 Å². The second-order valence-electron chi connectivity index (χ2n) is 6.83. The normalized spacial score (nSPS) is 10.3. The number of hydrogen-bond donors (Lipinski definition) is 2. The molecule has 3 rings (SSSR count). The molecule has 0 aliphatic rings. The van der Waals surface area contributed by atoms with E-state index in [4.69, 9.17) is 27.6 Å². The van der Waals surface area contributed by atoms with Crippen LogP contribution >= 0.6 is 23.2 Å². The monoisotopic (exact) mass is 511 g/mol. The average molecular weight is 512 g/mol. The number of allylic oxidation sites excluding steroid dienone is 1. The second kappa shape index (κ2) is 12.6. The molecular weight excluding hydrogens is 485 g/mol. The molecule has 0 spiro atoms. The average Bonchev–Trinajstić information content (AvgIpc) is 3.15. The number of nitrogens with two attached hydrogens (primary N) is 1. The van der Waals surface area contributed by atoms with Crippen LogP contribution in [0.2, 0.25) is 5.02 Å². The smallest absolute Gasteiger partial charge is 0.255 e. The van der Waals surface area contributed by atoms with E-state index in [1.54, 1.807) is 39.0 Å². The van der Waals surface area contributed by atoms with Crippen LogP contribution in [0.15, 0.2) is 63.6 Å². The van der Waals surface area contributed by atoms with Gasteiger partial charge in [0.25, 0.3) is 5.91 Å². The van der Waals surface area contributed by atoms with Crippen molar-refractivity contribution in [3.63, 3.8) is 0 Å². The largest absolute Gasteiger partial charge is 0.449 e. The van der Waals surface area contributed by atoms with Gasteiger partial charge in [-0.3, -0.25) is 4.79 Å². The predicted molar refractivity (Wildman–Crippen MR) is 135 cm³/mol. The van der Waals surface area contributed by atoms with Crippen molar-refractivity contribution in [2.75, 3.05) is 18.6 Å². The van der Waals surface area contributed by atoms with Crippen LogP contribution in [0, 0.1) is 13.8 Å². The molecule has 3 aromatic rings. The van der Waals surface area contributed by atoms with Crippen LogP contribution in [-0.4, -0.2) is 32.6 Å². The van der Waals surface area contributed by atoms with Gasteiger partial charge in [0.2, 0.25) is 0 Å². The van der Waals surface area contributed by atoms with Crippen molar-refractivity contribution in [1.82, 2.24) is 4.98 Å². The van der Waals surface area contributed by atoms with Gasteiger partial charge in [-0.05, 0) is 62.9 Å². The maximum absolute atomic E-state index is 12.6. The van der Waals surface area contributed by atoms with E-state index in [0.717, 1.165) is 6.26 Å². The Morgan fingerprint density at radius 3 is 2.24 bits per heavy atom. The third kappa shape index (κ3) is 8.66. The maximum Gasteiger partial charge on any atom is 0.255 e. The third-order valence-electron chi connectivity index (χ3n) is 3.99. The molecule has 2 aromatic carbocycles. The number of oxazole rings is 1. The quantitative estimate of drug-likeness (QED) is 0.470. The lowest BCUT2D eigenvalue weighted by Gasteiger charge is -2.10. The number of hydrogen-bond acceptors (Lipinski definition) is 6. The predicted octanol–water partition coefficient (Wildman–Crippen LogP) is 5.60. The Bertz CT molecular complexity index is 1230. The van der Waals surface area contributed by atoms with Gasteiger partial charge in [-0.25, -0.2) is 13.4 Å². The summed E-state index contributed by atoms with van der Waals surface area (Å²) in [4.78, 5) is 17.0. The van der Waals surface area contributed by atoms with E-state index in [1.165, 1.54) is 31.5 Å². The highest BCUT2D eigenvalue weighted by Gasteiger charge is 2.15. The molecule has 0 unspecified atom stereocenters. The molecule has 0 bridgehead atoms. The number of anilines is 1. The third-order valence-corrected chi connectivity index (χ3v) is 5.43. The molecule has 7 nitrogen and oxygen atoms in total. The van der Waals surface area contributed by atoms with E-state index < -0.39 is 9.84 Å². The second-order valence-corrected chi connectivity index (χ2v) is 9.89. The number of nitrogens with one attached hydrogen (secondary N) is 1. The zero-order chi connectivity index (χ0) is 25.3. The summed E-state index contributed by atoms with van der Waals surface area (Å²) in [5.74, 6) is 0.161. The number of nitrogens with zero attached hydrogens (tertiary/aromatic N) is 1. The Morgan fingerprint density at radius 2 is 1.76 bits per heavy atom. The molecule has 1 aromatic heterocycles. The van der Waals surface area contributed by atoms with Gasteiger partial charge in [-0.1, -0.05) is 29.8 Å². The number of aromatic nitrogens is 1. The number of amides is 1. The van der Waals surface area contributed by atoms with Crippen molar-refractivity contribution in [2.45, 2.75) is 25.7 Å². The molecule has 0 radical (unpaired) electrons. The first-order valence-electron chi connectivity index (χ1n) is 9.61. The van der Waals surface area contributed by atoms with Crippen molar-refractivity contribution >= 4 is 44.6 Å². The number of carbonyl (C=O) groups is 1. The van der Waals surface area contributed by atoms with Crippen molar-refractivity contribution in [1.29, 1.82) is 0 Å². The first kappa shape index (κ1) is 28.4. The van der Waals surface area contributed by atoms with E-state index in [-0.39, 0.29) is 10.8 Å². The van der Waals surface area contributed by atoms with Gasteiger partial charge in [-0.2, -0.15) is 0 Å². The molecule has 0 saturated heterocycles. The first-order chi connectivity index (χ1) is 15.4. The number of carbonyl (C=O) groups excluding carboxylic acids is 1. The zero-order valence-electron chi connectivity index (χ0n) is 19.1. The maximum atomic E-state index is 12.6. The van der Waals surface area contributed by atoms with Crippen molar-refractivity contribution < 1.29 is 17.6 Å².